The van der Waals surface area contributed by atoms with Crippen molar-refractivity contribution in [1.29, 1.82) is 0 Å². The van der Waals surface area contributed by atoms with Gasteiger partial charge in [-0.2, -0.15) is 0 Å². The van der Waals surface area contributed by atoms with Crippen molar-refractivity contribution in [3.8, 4) is 0 Å². The molecule has 0 unspecified atom stereocenters. The number of ether oxygens (including phenoxy) is 1. The minimum atomic E-state index is 0.934. The summed E-state index contributed by atoms with van der Waals surface area (Å²) < 4.78 is 5.54. The van der Waals surface area contributed by atoms with Crippen LogP contribution >= 0.6 is 11.8 Å². The topological polar surface area (TPSA) is 9.23 Å². The summed E-state index contributed by atoms with van der Waals surface area (Å²) in [4.78, 5) is 1.54. The van der Waals surface area contributed by atoms with Gasteiger partial charge in [-0.25, -0.2) is 0 Å². The second-order valence-corrected chi connectivity index (χ2v) is 3.94. The van der Waals surface area contributed by atoms with E-state index in [1.807, 2.05) is 11.8 Å². The average Bonchev–Trinajstić information content (AvgIpc) is 2.05. The summed E-state index contributed by atoms with van der Waals surface area (Å²) in [5.41, 5.74) is 0. The summed E-state index contributed by atoms with van der Waals surface area (Å²) in [5.74, 6) is 2.47. The zero-order valence-corrected chi connectivity index (χ0v) is 6.88. The van der Waals surface area contributed by atoms with Crippen LogP contribution in [-0.2, 0) is 4.74 Å². The van der Waals surface area contributed by atoms with Crippen molar-refractivity contribution in [2.75, 3.05) is 12.4 Å². The number of rotatable bonds is 0. The van der Waals surface area contributed by atoms with Gasteiger partial charge in [-0.3, -0.25) is 0 Å². The monoisotopic (exact) mass is 156 g/mol. The fourth-order valence-corrected chi connectivity index (χ4v) is 2.51. The summed E-state index contributed by atoms with van der Waals surface area (Å²) in [6, 6.07) is 0. The highest BCUT2D eigenvalue weighted by molar-refractivity contribution is 8.03. The fourth-order valence-electron chi connectivity index (χ4n) is 1.49. The van der Waals surface area contributed by atoms with Gasteiger partial charge in [0, 0.05) is 17.1 Å². The number of allylic oxidation sites excluding steroid dienone is 2. The van der Waals surface area contributed by atoms with Gasteiger partial charge in [-0.15, -0.1) is 11.8 Å². The Bertz CT molecular complexity index is 129. The first-order valence-corrected chi connectivity index (χ1v) is 4.93. The lowest BCUT2D eigenvalue weighted by molar-refractivity contribution is 0.208. The number of hydrogen-bond acceptors (Lipinski definition) is 2. The Morgan fingerprint density at radius 3 is 3.00 bits per heavy atom. The summed E-state index contributed by atoms with van der Waals surface area (Å²) in [6.45, 7) is 0.934. The van der Waals surface area contributed by atoms with E-state index in [0.29, 0.717) is 0 Å². The molecule has 0 aromatic heterocycles. The molecule has 2 heteroatoms. The number of thioether (sulfide) groups is 1. The normalized spacial score (nSPS) is 25.6. The molecule has 56 valence electrons. The molecule has 0 aromatic rings. The maximum absolute atomic E-state index is 5.54. The van der Waals surface area contributed by atoms with Crippen molar-refractivity contribution >= 4 is 11.8 Å². The van der Waals surface area contributed by atoms with Gasteiger partial charge in [0.25, 0.3) is 0 Å². The van der Waals surface area contributed by atoms with Crippen molar-refractivity contribution in [3.05, 3.63) is 10.7 Å². The summed E-state index contributed by atoms with van der Waals surface area (Å²) in [7, 11) is 0. The molecule has 0 radical (unpaired) electrons. The SMILES string of the molecule is C1CCC2=C(C1)OCCS2. The van der Waals surface area contributed by atoms with Crippen LogP contribution in [0.25, 0.3) is 0 Å². The zero-order valence-electron chi connectivity index (χ0n) is 6.06. The van der Waals surface area contributed by atoms with Gasteiger partial charge in [0.05, 0.1) is 6.61 Å². The van der Waals surface area contributed by atoms with E-state index in [2.05, 4.69) is 0 Å². The van der Waals surface area contributed by atoms with Crippen LogP contribution in [0.5, 0.6) is 0 Å². The predicted octanol–water partition coefficient (Wildman–Crippen LogP) is 2.54. The molecule has 0 N–H and O–H groups in total. The molecule has 0 saturated carbocycles. The van der Waals surface area contributed by atoms with Gasteiger partial charge in [-0.1, -0.05) is 0 Å². The van der Waals surface area contributed by atoms with Gasteiger partial charge in [0.15, 0.2) is 0 Å². The van der Waals surface area contributed by atoms with Gasteiger partial charge < -0.3 is 4.74 Å². The van der Waals surface area contributed by atoms with E-state index < -0.39 is 0 Å². The first-order chi connectivity index (χ1) is 4.97. The summed E-state index contributed by atoms with van der Waals surface area (Å²) in [6.07, 6.45) is 5.18. The van der Waals surface area contributed by atoms with E-state index in [-0.39, 0.29) is 0 Å². The van der Waals surface area contributed by atoms with E-state index in [9.17, 15) is 0 Å². The minimum absolute atomic E-state index is 0.934. The molecule has 10 heavy (non-hydrogen) atoms. The Labute approximate surface area is 65.8 Å². The fraction of sp³-hybridized carbons (Fsp3) is 0.750. The van der Waals surface area contributed by atoms with E-state index in [4.69, 9.17) is 4.74 Å². The van der Waals surface area contributed by atoms with E-state index >= 15 is 0 Å². The van der Waals surface area contributed by atoms with Crippen LogP contribution in [0, 0.1) is 0 Å². The molecule has 2 aliphatic rings. The van der Waals surface area contributed by atoms with Crippen LogP contribution in [0.2, 0.25) is 0 Å². The van der Waals surface area contributed by atoms with Gasteiger partial charge in [-0.05, 0) is 19.3 Å². The Hall–Kier alpha value is -0.110. The lowest BCUT2D eigenvalue weighted by Gasteiger charge is -2.24. The molecule has 2 rings (SSSR count). The van der Waals surface area contributed by atoms with Crippen LogP contribution < -0.4 is 0 Å². The second kappa shape index (κ2) is 2.87. The average molecular weight is 156 g/mol. The third-order valence-corrected chi connectivity index (χ3v) is 3.16. The molecule has 0 amide bonds. The molecular formula is C8H12OS. The van der Waals surface area contributed by atoms with Crippen LogP contribution in [0.4, 0.5) is 0 Å². The van der Waals surface area contributed by atoms with Crippen molar-refractivity contribution in [2.24, 2.45) is 0 Å². The lowest BCUT2D eigenvalue weighted by atomic mass is 10.1. The van der Waals surface area contributed by atoms with Crippen LogP contribution in [0.3, 0.4) is 0 Å². The van der Waals surface area contributed by atoms with Crippen LogP contribution in [-0.4, -0.2) is 12.4 Å². The van der Waals surface area contributed by atoms with E-state index in [1.54, 1.807) is 0 Å². The van der Waals surface area contributed by atoms with Crippen LogP contribution in [0.15, 0.2) is 10.7 Å². The van der Waals surface area contributed by atoms with Crippen molar-refractivity contribution in [2.45, 2.75) is 25.7 Å². The van der Waals surface area contributed by atoms with Gasteiger partial charge in [0.1, 0.15) is 5.76 Å². The molecule has 0 bridgehead atoms. The molecule has 1 heterocycles. The van der Waals surface area contributed by atoms with E-state index in [0.717, 1.165) is 6.61 Å². The molecule has 1 nitrogen and oxygen atoms in total. The molecule has 1 aliphatic heterocycles. The summed E-state index contributed by atoms with van der Waals surface area (Å²) in [5, 5.41) is 0. The van der Waals surface area contributed by atoms with Crippen molar-refractivity contribution in [1.82, 2.24) is 0 Å². The predicted molar refractivity (Wildman–Crippen MR) is 43.9 cm³/mol. The zero-order chi connectivity index (χ0) is 6.81. The Morgan fingerprint density at radius 2 is 2.10 bits per heavy atom. The Kier molecular flexibility index (Phi) is 1.89. The van der Waals surface area contributed by atoms with Crippen molar-refractivity contribution < 1.29 is 4.74 Å². The highest BCUT2D eigenvalue weighted by Crippen LogP contribution is 2.35. The molecular weight excluding hydrogens is 144 g/mol. The molecule has 0 saturated heterocycles. The summed E-state index contributed by atoms with van der Waals surface area (Å²) >= 11 is 2.00. The first-order valence-electron chi connectivity index (χ1n) is 3.94. The molecule has 0 atom stereocenters. The van der Waals surface area contributed by atoms with Crippen LogP contribution in [0.1, 0.15) is 25.7 Å². The third kappa shape index (κ3) is 1.17. The standard InChI is InChI=1S/C8H12OS/c1-2-4-8-7(3-1)9-5-6-10-8/h1-6H2. The van der Waals surface area contributed by atoms with Crippen molar-refractivity contribution in [3.63, 3.8) is 0 Å². The lowest BCUT2D eigenvalue weighted by Crippen LogP contribution is -2.09. The third-order valence-electron chi connectivity index (χ3n) is 2.00. The molecule has 0 spiro atoms. The second-order valence-electron chi connectivity index (χ2n) is 2.75. The first kappa shape index (κ1) is 6.59. The highest BCUT2D eigenvalue weighted by Gasteiger charge is 2.17. The van der Waals surface area contributed by atoms with Gasteiger partial charge >= 0.3 is 0 Å². The van der Waals surface area contributed by atoms with E-state index in [1.165, 1.54) is 42.1 Å². The van der Waals surface area contributed by atoms with Gasteiger partial charge in [0.2, 0.25) is 0 Å². The number of hydrogen-bond donors (Lipinski definition) is 0. The largest absolute Gasteiger partial charge is 0.496 e. The highest BCUT2D eigenvalue weighted by atomic mass is 32.2. The molecule has 0 fully saturated rings. The quantitative estimate of drug-likeness (QED) is 0.533. The molecule has 0 aromatic carbocycles. The minimum Gasteiger partial charge on any atom is -0.496 e. The Balaban J connectivity index is 2.14. The molecule has 1 aliphatic carbocycles. The maximum atomic E-state index is 5.54. The smallest absolute Gasteiger partial charge is 0.105 e. The maximum Gasteiger partial charge on any atom is 0.105 e. The Morgan fingerprint density at radius 1 is 1.20 bits per heavy atom.